The van der Waals surface area contributed by atoms with Gasteiger partial charge in [-0.3, -0.25) is 0 Å². The van der Waals surface area contributed by atoms with Gasteiger partial charge in [-0.2, -0.15) is 0 Å². The van der Waals surface area contributed by atoms with Crippen molar-refractivity contribution in [3.8, 4) is 0 Å². The zero-order chi connectivity index (χ0) is 12.4. The Hall–Kier alpha value is -0.0800. The highest BCUT2D eigenvalue weighted by Gasteiger charge is 2.32. The van der Waals surface area contributed by atoms with Crippen molar-refractivity contribution in [3.05, 3.63) is 0 Å². The van der Waals surface area contributed by atoms with Gasteiger partial charge in [-0.1, -0.05) is 13.8 Å². The summed E-state index contributed by atoms with van der Waals surface area (Å²) in [5.74, 6) is 1.79. The molecule has 2 nitrogen and oxygen atoms in total. The second-order valence-corrected chi connectivity index (χ2v) is 6.59. The van der Waals surface area contributed by atoms with Gasteiger partial charge >= 0.3 is 0 Å². The van der Waals surface area contributed by atoms with E-state index in [0.717, 1.165) is 30.0 Å². The average Bonchev–Trinajstić information content (AvgIpc) is 2.62. The molecule has 0 aromatic carbocycles. The van der Waals surface area contributed by atoms with Gasteiger partial charge in [-0.15, -0.1) is 0 Å². The van der Waals surface area contributed by atoms with E-state index in [1.54, 1.807) is 0 Å². The van der Waals surface area contributed by atoms with Crippen LogP contribution >= 0.6 is 0 Å². The maximum atomic E-state index is 3.93. The van der Waals surface area contributed by atoms with Crippen molar-refractivity contribution in [2.45, 2.75) is 71.5 Å². The third-order valence-corrected chi connectivity index (χ3v) is 5.17. The lowest BCUT2D eigenvalue weighted by Crippen LogP contribution is -2.48. The second-order valence-electron chi connectivity index (χ2n) is 6.59. The minimum absolute atomic E-state index is 0.723. The van der Waals surface area contributed by atoms with Crippen LogP contribution in [0.3, 0.4) is 0 Å². The molecule has 2 fully saturated rings. The van der Waals surface area contributed by atoms with Crippen LogP contribution in [0.25, 0.3) is 0 Å². The van der Waals surface area contributed by atoms with Crippen molar-refractivity contribution in [2.75, 3.05) is 13.1 Å². The average molecular weight is 238 g/mol. The Balaban J connectivity index is 1.75. The van der Waals surface area contributed by atoms with Gasteiger partial charge < -0.3 is 10.2 Å². The van der Waals surface area contributed by atoms with Gasteiger partial charge in [0.1, 0.15) is 0 Å². The molecule has 1 heterocycles. The molecule has 3 unspecified atom stereocenters. The highest BCUT2D eigenvalue weighted by Crippen LogP contribution is 2.32. The molecule has 0 bridgehead atoms. The molecule has 0 spiro atoms. The lowest BCUT2D eigenvalue weighted by molar-refractivity contribution is 0.152. The molecule has 1 N–H and O–H groups in total. The van der Waals surface area contributed by atoms with Crippen molar-refractivity contribution in [2.24, 2.45) is 11.8 Å². The summed E-state index contributed by atoms with van der Waals surface area (Å²) >= 11 is 0. The third-order valence-electron chi connectivity index (χ3n) is 5.17. The summed E-state index contributed by atoms with van der Waals surface area (Å²) in [6.45, 7) is 12.0. The molecule has 0 aromatic heterocycles. The lowest BCUT2D eigenvalue weighted by Gasteiger charge is -2.36. The van der Waals surface area contributed by atoms with Crippen LogP contribution in [0.5, 0.6) is 0 Å². The Kier molecular flexibility index (Phi) is 4.48. The van der Waals surface area contributed by atoms with Crippen LogP contribution < -0.4 is 5.32 Å². The fourth-order valence-corrected chi connectivity index (χ4v) is 3.49. The first-order chi connectivity index (χ1) is 8.08. The molecular formula is C15H30N2. The molecule has 2 rings (SSSR count). The third kappa shape index (κ3) is 3.23. The quantitative estimate of drug-likeness (QED) is 0.813. The summed E-state index contributed by atoms with van der Waals surface area (Å²) in [5, 5.41) is 3.93. The smallest absolute Gasteiger partial charge is 0.00979 e. The normalized spacial score (nSPS) is 36.9. The number of likely N-dealkylation sites (tertiary alicyclic amines) is 1. The maximum Gasteiger partial charge on any atom is 0.00979 e. The topological polar surface area (TPSA) is 15.3 Å². The second kappa shape index (κ2) is 5.71. The number of nitrogens with one attached hydrogen (secondary N) is 1. The molecule has 1 saturated heterocycles. The van der Waals surface area contributed by atoms with Gasteiger partial charge in [0, 0.05) is 18.1 Å². The zero-order valence-electron chi connectivity index (χ0n) is 12.1. The van der Waals surface area contributed by atoms with Crippen LogP contribution in [0.15, 0.2) is 0 Å². The van der Waals surface area contributed by atoms with Crippen molar-refractivity contribution in [1.82, 2.24) is 10.2 Å². The van der Waals surface area contributed by atoms with Crippen LogP contribution in [-0.4, -0.2) is 36.1 Å². The van der Waals surface area contributed by atoms with Crippen LogP contribution in [0.4, 0.5) is 0 Å². The fraction of sp³-hybridized carbons (Fsp3) is 1.00. The number of rotatable bonds is 3. The highest BCUT2D eigenvalue weighted by atomic mass is 15.2. The van der Waals surface area contributed by atoms with E-state index in [4.69, 9.17) is 0 Å². The van der Waals surface area contributed by atoms with Gasteiger partial charge in [0.25, 0.3) is 0 Å². The molecule has 0 aromatic rings. The first-order valence-electron chi connectivity index (χ1n) is 7.58. The first-order valence-corrected chi connectivity index (χ1v) is 7.58. The Bertz CT molecular complexity index is 231. The fourth-order valence-electron chi connectivity index (χ4n) is 3.49. The van der Waals surface area contributed by atoms with Gasteiger partial charge in [-0.25, -0.2) is 0 Å². The predicted molar refractivity (Wildman–Crippen MR) is 74.2 cm³/mol. The highest BCUT2D eigenvalue weighted by molar-refractivity contribution is 4.89. The van der Waals surface area contributed by atoms with Crippen molar-refractivity contribution in [3.63, 3.8) is 0 Å². The Morgan fingerprint density at radius 2 is 1.65 bits per heavy atom. The zero-order valence-corrected chi connectivity index (χ0v) is 12.1. The first kappa shape index (κ1) is 13.4. The Labute approximate surface area is 107 Å². The van der Waals surface area contributed by atoms with Crippen LogP contribution in [0.2, 0.25) is 0 Å². The van der Waals surface area contributed by atoms with E-state index < -0.39 is 0 Å². The molecule has 1 aliphatic heterocycles. The number of hydrogen-bond donors (Lipinski definition) is 1. The lowest BCUT2D eigenvalue weighted by atomic mass is 9.95. The minimum Gasteiger partial charge on any atom is -0.311 e. The minimum atomic E-state index is 0.723. The molecule has 2 heteroatoms. The van der Waals surface area contributed by atoms with Crippen LogP contribution in [0, 0.1) is 11.8 Å². The van der Waals surface area contributed by atoms with E-state index in [9.17, 15) is 0 Å². The largest absolute Gasteiger partial charge is 0.311 e. The number of hydrogen-bond acceptors (Lipinski definition) is 2. The van der Waals surface area contributed by atoms with E-state index in [1.165, 1.54) is 38.8 Å². The van der Waals surface area contributed by atoms with E-state index >= 15 is 0 Å². The van der Waals surface area contributed by atoms with E-state index in [1.807, 2.05) is 0 Å². The predicted octanol–water partition coefficient (Wildman–Crippen LogP) is 2.88. The molecule has 100 valence electrons. The van der Waals surface area contributed by atoms with Gasteiger partial charge in [-0.05, 0) is 64.5 Å². The molecule has 17 heavy (non-hydrogen) atoms. The van der Waals surface area contributed by atoms with Gasteiger partial charge in [0.05, 0.1) is 0 Å². The standard InChI is InChI=1S/C15H30N2/c1-11(2)17-9-7-14(8-10-17)16-15-6-5-12(3)13(15)4/h11-16H,5-10H2,1-4H3. The SMILES string of the molecule is CC1CCC(NC2CCN(C(C)C)CC2)C1C. The van der Waals surface area contributed by atoms with E-state index in [0.29, 0.717) is 0 Å². The summed E-state index contributed by atoms with van der Waals surface area (Å²) in [6, 6.07) is 2.30. The van der Waals surface area contributed by atoms with Gasteiger partial charge in [0.2, 0.25) is 0 Å². The summed E-state index contributed by atoms with van der Waals surface area (Å²) in [4.78, 5) is 2.61. The summed E-state index contributed by atoms with van der Waals surface area (Å²) < 4.78 is 0. The van der Waals surface area contributed by atoms with Crippen molar-refractivity contribution < 1.29 is 0 Å². The summed E-state index contributed by atoms with van der Waals surface area (Å²) in [5.41, 5.74) is 0. The molecule has 0 amide bonds. The monoisotopic (exact) mass is 238 g/mol. The van der Waals surface area contributed by atoms with Crippen molar-refractivity contribution in [1.29, 1.82) is 0 Å². The molecule has 1 saturated carbocycles. The Morgan fingerprint density at radius 3 is 2.12 bits per heavy atom. The molecule has 1 aliphatic carbocycles. The van der Waals surface area contributed by atoms with Crippen LogP contribution in [0.1, 0.15) is 53.4 Å². The van der Waals surface area contributed by atoms with E-state index in [-0.39, 0.29) is 0 Å². The maximum absolute atomic E-state index is 3.93. The van der Waals surface area contributed by atoms with Gasteiger partial charge in [0.15, 0.2) is 0 Å². The van der Waals surface area contributed by atoms with Crippen LogP contribution in [-0.2, 0) is 0 Å². The van der Waals surface area contributed by atoms with Crippen molar-refractivity contribution >= 4 is 0 Å². The summed E-state index contributed by atoms with van der Waals surface area (Å²) in [6.07, 6.45) is 5.50. The summed E-state index contributed by atoms with van der Waals surface area (Å²) in [7, 11) is 0. The van der Waals surface area contributed by atoms with E-state index in [2.05, 4.69) is 37.9 Å². The molecule has 3 atom stereocenters. The molecule has 2 aliphatic rings. The number of piperidine rings is 1. The number of nitrogens with zero attached hydrogens (tertiary/aromatic N) is 1. The Morgan fingerprint density at radius 1 is 1.00 bits per heavy atom. The molecular weight excluding hydrogens is 208 g/mol. The molecule has 0 radical (unpaired) electrons.